The maximum absolute atomic E-state index is 3.29. The molecular formula is C16H22N2. The summed E-state index contributed by atoms with van der Waals surface area (Å²) in [5.41, 5.74) is 5.41. The van der Waals surface area contributed by atoms with Crippen LogP contribution in [0.25, 0.3) is 0 Å². The summed E-state index contributed by atoms with van der Waals surface area (Å²) in [6.07, 6.45) is 2.15. The smallest absolute Gasteiger partial charge is 0.0473 e. The highest BCUT2D eigenvalue weighted by molar-refractivity contribution is 5.30. The SMILES string of the molecule is CNC(C)c1cccn1Cc1ccc(C)c(C)c1. The van der Waals surface area contributed by atoms with Crippen LogP contribution in [0.2, 0.25) is 0 Å². The number of nitrogens with one attached hydrogen (secondary N) is 1. The molecule has 2 rings (SSSR count). The Morgan fingerprint density at radius 1 is 1.17 bits per heavy atom. The minimum Gasteiger partial charge on any atom is -0.346 e. The van der Waals surface area contributed by atoms with Crippen molar-refractivity contribution in [2.24, 2.45) is 0 Å². The molecule has 0 bridgehead atoms. The molecule has 18 heavy (non-hydrogen) atoms. The van der Waals surface area contributed by atoms with E-state index in [1.165, 1.54) is 22.4 Å². The molecule has 1 N–H and O–H groups in total. The predicted molar refractivity (Wildman–Crippen MR) is 76.9 cm³/mol. The van der Waals surface area contributed by atoms with Gasteiger partial charge in [-0.3, -0.25) is 0 Å². The van der Waals surface area contributed by atoms with Crippen LogP contribution in [0.15, 0.2) is 36.5 Å². The molecule has 0 amide bonds. The molecule has 0 aliphatic heterocycles. The molecule has 0 saturated heterocycles. The highest BCUT2D eigenvalue weighted by Crippen LogP contribution is 2.16. The first-order valence-corrected chi connectivity index (χ1v) is 6.50. The maximum atomic E-state index is 3.29. The second kappa shape index (κ2) is 5.40. The van der Waals surface area contributed by atoms with Gasteiger partial charge in [0.05, 0.1) is 0 Å². The first kappa shape index (κ1) is 12.9. The minimum absolute atomic E-state index is 0.381. The number of aromatic nitrogens is 1. The molecule has 0 aliphatic rings. The molecule has 1 heterocycles. The molecule has 1 aromatic carbocycles. The molecule has 2 heteroatoms. The lowest BCUT2D eigenvalue weighted by atomic mass is 10.1. The lowest BCUT2D eigenvalue weighted by molar-refractivity contribution is 0.589. The molecule has 2 aromatic rings. The van der Waals surface area contributed by atoms with Crippen molar-refractivity contribution < 1.29 is 0 Å². The summed E-state index contributed by atoms with van der Waals surface area (Å²) in [6.45, 7) is 7.45. The summed E-state index contributed by atoms with van der Waals surface area (Å²) in [5, 5.41) is 3.29. The van der Waals surface area contributed by atoms with Crippen molar-refractivity contribution in [1.29, 1.82) is 0 Å². The van der Waals surface area contributed by atoms with Crippen molar-refractivity contribution >= 4 is 0 Å². The lowest BCUT2D eigenvalue weighted by Crippen LogP contribution is -2.16. The minimum atomic E-state index is 0.381. The van der Waals surface area contributed by atoms with Gasteiger partial charge in [0.25, 0.3) is 0 Å². The quantitative estimate of drug-likeness (QED) is 0.869. The second-order valence-electron chi connectivity index (χ2n) is 4.99. The van der Waals surface area contributed by atoms with Crippen LogP contribution in [-0.4, -0.2) is 11.6 Å². The maximum Gasteiger partial charge on any atom is 0.0473 e. The first-order chi connectivity index (χ1) is 8.61. The molecule has 2 nitrogen and oxygen atoms in total. The average Bonchev–Trinajstić information content (AvgIpc) is 2.81. The van der Waals surface area contributed by atoms with E-state index in [-0.39, 0.29) is 0 Å². The molecule has 96 valence electrons. The Bertz CT molecular complexity index is 526. The van der Waals surface area contributed by atoms with Crippen LogP contribution in [0.3, 0.4) is 0 Å². The molecule has 0 radical (unpaired) electrons. The predicted octanol–water partition coefficient (Wildman–Crippen LogP) is 3.43. The zero-order valence-corrected chi connectivity index (χ0v) is 11.7. The van der Waals surface area contributed by atoms with Gasteiger partial charge in [-0.1, -0.05) is 18.2 Å². The number of benzene rings is 1. The normalized spacial score (nSPS) is 12.7. The van der Waals surface area contributed by atoms with Gasteiger partial charge in [-0.25, -0.2) is 0 Å². The fraction of sp³-hybridized carbons (Fsp3) is 0.375. The fourth-order valence-corrected chi connectivity index (χ4v) is 2.21. The third-order valence-corrected chi connectivity index (χ3v) is 3.67. The summed E-state index contributed by atoms with van der Waals surface area (Å²) in [4.78, 5) is 0. The Balaban J connectivity index is 2.23. The topological polar surface area (TPSA) is 17.0 Å². The van der Waals surface area contributed by atoms with Gasteiger partial charge in [0.2, 0.25) is 0 Å². The van der Waals surface area contributed by atoms with E-state index in [1.54, 1.807) is 0 Å². The van der Waals surface area contributed by atoms with E-state index < -0.39 is 0 Å². The third kappa shape index (κ3) is 2.65. The molecule has 1 unspecified atom stereocenters. The number of nitrogens with zero attached hydrogens (tertiary/aromatic N) is 1. The van der Waals surface area contributed by atoms with Gasteiger partial charge in [0.1, 0.15) is 0 Å². The molecule has 0 fully saturated rings. The van der Waals surface area contributed by atoms with Crippen LogP contribution in [0, 0.1) is 13.8 Å². The molecule has 1 atom stereocenters. The molecule has 0 spiro atoms. The summed E-state index contributed by atoms with van der Waals surface area (Å²) in [5.74, 6) is 0. The van der Waals surface area contributed by atoms with E-state index in [2.05, 4.69) is 67.2 Å². The number of hydrogen-bond acceptors (Lipinski definition) is 1. The zero-order chi connectivity index (χ0) is 13.1. The van der Waals surface area contributed by atoms with Gasteiger partial charge in [-0.15, -0.1) is 0 Å². The van der Waals surface area contributed by atoms with Crippen molar-refractivity contribution in [2.75, 3.05) is 7.05 Å². The van der Waals surface area contributed by atoms with E-state index in [9.17, 15) is 0 Å². The van der Waals surface area contributed by atoms with Gasteiger partial charge >= 0.3 is 0 Å². The van der Waals surface area contributed by atoms with Crippen molar-refractivity contribution in [3.05, 3.63) is 58.9 Å². The Hall–Kier alpha value is -1.54. The monoisotopic (exact) mass is 242 g/mol. The van der Waals surface area contributed by atoms with Crippen LogP contribution >= 0.6 is 0 Å². The Labute approximate surface area is 110 Å². The van der Waals surface area contributed by atoms with Crippen LogP contribution in [0.5, 0.6) is 0 Å². The average molecular weight is 242 g/mol. The summed E-state index contributed by atoms with van der Waals surface area (Å²) < 4.78 is 2.31. The van der Waals surface area contributed by atoms with Crippen molar-refractivity contribution in [2.45, 2.75) is 33.4 Å². The Morgan fingerprint density at radius 3 is 2.61 bits per heavy atom. The van der Waals surface area contributed by atoms with Gasteiger partial charge in [-0.2, -0.15) is 0 Å². The largest absolute Gasteiger partial charge is 0.346 e. The molecular weight excluding hydrogens is 220 g/mol. The van der Waals surface area contributed by atoms with Crippen LogP contribution < -0.4 is 5.32 Å². The molecule has 0 saturated carbocycles. The van der Waals surface area contributed by atoms with E-state index >= 15 is 0 Å². The number of hydrogen-bond donors (Lipinski definition) is 1. The zero-order valence-electron chi connectivity index (χ0n) is 11.7. The number of aryl methyl sites for hydroxylation is 2. The molecule has 1 aromatic heterocycles. The van der Waals surface area contributed by atoms with Gasteiger partial charge in [0, 0.05) is 24.5 Å². The summed E-state index contributed by atoms with van der Waals surface area (Å²) in [6, 6.07) is 11.4. The van der Waals surface area contributed by atoms with Crippen molar-refractivity contribution in [1.82, 2.24) is 9.88 Å². The van der Waals surface area contributed by atoms with Crippen molar-refractivity contribution in [3.63, 3.8) is 0 Å². The Morgan fingerprint density at radius 2 is 1.94 bits per heavy atom. The van der Waals surface area contributed by atoms with Gasteiger partial charge in [-0.05, 0) is 56.6 Å². The highest BCUT2D eigenvalue weighted by atomic mass is 15.0. The van der Waals surface area contributed by atoms with Crippen LogP contribution in [0.1, 0.15) is 35.3 Å². The van der Waals surface area contributed by atoms with Gasteiger partial charge in [0.15, 0.2) is 0 Å². The lowest BCUT2D eigenvalue weighted by Gasteiger charge is -2.15. The standard InChI is InChI=1S/C16H22N2/c1-12-7-8-15(10-13(12)2)11-18-9-5-6-16(18)14(3)17-4/h5-10,14,17H,11H2,1-4H3. The van der Waals surface area contributed by atoms with Crippen molar-refractivity contribution in [3.8, 4) is 0 Å². The molecule has 0 aliphatic carbocycles. The van der Waals surface area contributed by atoms with E-state index in [4.69, 9.17) is 0 Å². The second-order valence-corrected chi connectivity index (χ2v) is 4.99. The first-order valence-electron chi connectivity index (χ1n) is 6.50. The van der Waals surface area contributed by atoms with Crippen LogP contribution in [0.4, 0.5) is 0 Å². The van der Waals surface area contributed by atoms with E-state index in [0.29, 0.717) is 6.04 Å². The van der Waals surface area contributed by atoms with Crippen LogP contribution in [-0.2, 0) is 6.54 Å². The number of rotatable bonds is 4. The Kier molecular flexibility index (Phi) is 3.87. The fourth-order valence-electron chi connectivity index (χ4n) is 2.21. The summed E-state index contributed by atoms with van der Waals surface area (Å²) in [7, 11) is 2.00. The highest BCUT2D eigenvalue weighted by Gasteiger charge is 2.08. The third-order valence-electron chi connectivity index (χ3n) is 3.67. The van der Waals surface area contributed by atoms with E-state index in [1.807, 2.05) is 7.05 Å². The summed E-state index contributed by atoms with van der Waals surface area (Å²) >= 11 is 0. The van der Waals surface area contributed by atoms with E-state index in [0.717, 1.165) is 6.54 Å². The van der Waals surface area contributed by atoms with Gasteiger partial charge < -0.3 is 9.88 Å².